The maximum Gasteiger partial charge on any atom is 0.227 e. The number of rotatable bonds is 5. The Morgan fingerprint density at radius 1 is 1.12 bits per heavy atom. The summed E-state index contributed by atoms with van der Waals surface area (Å²) < 4.78 is 5.88. The number of likely N-dealkylation sites (tertiary alicyclic amines) is 1. The molecule has 1 aromatic rings. The molecule has 1 heterocycles. The zero-order chi connectivity index (χ0) is 17.6. The molecule has 1 N–H and O–H groups in total. The molecule has 0 aromatic heterocycles. The van der Waals surface area contributed by atoms with Crippen molar-refractivity contribution in [1.82, 2.24) is 10.2 Å². The number of benzene rings is 1. The van der Waals surface area contributed by atoms with E-state index >= 15 is 0 Å². The molecule has 1 aliphatic heterocycles. The minimum atomic E-state index is -0.119. The number of hydrogen-bond donors (Lipinski definition) is 1. The van der Waals surface area contributed by atoms with Gasteiger partial charge in [0, 0.05) is 26.1 Å². The third-order valence-corrected chi connectivity index (χ3v) is 5.26. The van der Waals surface area contributed by atoms with Crippen LogP contribution >= 0.6 is 0 Å². The van der Waals surface area contributed by atoms with Crippen molar-refractivity contribution in [2.75, 3.05) is 19.7 Å². The van der Waals surface area contributed by atoms with E-state index in [0.29, 0.717) is 6.61 Å². The van der Waals surface area contributed by atoms with Gasteiger partial charge in [0.05, 0.1) is 12.5 Å². The van der Waals surface area contributed by atoms with Gasteiger partial charge in [-0.2, -0.15) is 0 Å². The van der Waals surface area contributed by atoms with Gasteiger partial charge in [0.15, 0.2) is 0 Å². The fourth-order valence-electron chi connectivity index (χ4n) is 4.05. The summed E-state index contributed by atoms with van der Waals surface area (Å²) in [6.45, 7) is 3.82. The second-order valence-corrected chi connectivity index (χ2v) is 7.26. The van der Waals surface area contributed by atoms with E-state index in [9.17, 15) is 9.59 Å². The van der Waals surface area contributed by atoms with Gasteiger partial charge in [-0.15, -0.1) is 0 Å². The monoisotopic (exact) mass is 344 g/mol. The number of carbonyl (C=O) groups excluding carboxylic acids is 2. The number of hydrogen-bond acceptors (Lipinski definition) is 3. The van der Waals surface area contributed by atoms with E-state index in [4.69, 9.17) is 4.74 Å². The molecular formula is C20H28N2O3. The predicted octanol–water partition coefficient (Wildman–Crippen LogP) is 2.61. The Kier molecular flexibility index (Phi) is 5.95. The molecule has 2 fully saturated rings. The van der Waals surface area contributed by atoms with E-state index in [2.05, 4.69) is 5.32 Å². The molecule has 2 amide bonds. The summed E-state index contributed by atoms with van der Waals surface area (Å²) in [6.07, 6.45) is 4.97. The van der Waals surface area contributed by atoms with Crippen LogP contribution in [0.25, 0.3) is 0 Å². The average Bonchev–Trinajstić information content (AvgIpc) is 3.03. The number of carbonyl (C=O) groups is 2. The predicted molar refractivity (Wildman–Crippen MR) is 96.2 cm³/mol. The van der Waals surface area contributed by atoms with Gasteiger partial charge < -0.3 is 15.0 Å². The summed E-state index contributed by atoms with van der Waals surface area (Å²) in [5.41, 5.74) is 0. The largest absolute Gasteiger partial charge is 0.493 e. The highest BCUT2D eigenvalue weighted by Crippen LogP contribution is 2.34. The van der Waals surface area contributed by atoms with Crippen LogP contribution in [0.4, 0.5) is 0 Å². The van der Waals surface area contributed by atoms with Crippen LogP contribution in [0.5, 0.6) is 5.75 Å². The van der Waals surface area contributed by atoms with E-state index in [1.807, 2.05) is 35.2 Å². The molecule has 0 bridgehead atoms. The van der Waals surface area contributed by atoms with E-state index in [-0.39, 0.29) is 29.7 Å². The smallest absolute Gasteiger partial charge is 0.227 e. The fraction of sp³-hybridized carbons (Fsp3) is 0.600. The van der Waals surface area contributed by atoms with Gasteiger partial charge in [-0.3, -0.25) is 9.59 Å². The van der Waals surface area contributed by atoms with E-state index < -0.39 is 0 Å². The SMILES string of the molecule is CC(=O)N[C@@H]1C[C@H](COc2ccccc2)C[C@H]1C(=O)N1CCCCC1. The summed E-state index contributed by atoms with van der Waals surface area (Å²) in [7, 11) is 0. The zero-order valence-corrected chi connectivity index (χ0v) is 14.9. The molecule has 3 rings (SSSR count). The number of nitrogens with one attached hydrogen (secondary N) is 1. The molecule has 0 radical (unpaired) electrons. The van der Waals surface area contributed by atoms with Crippen LogP contribution in [0.2, 0.25) is 0 Å². The van der Waals surface area contributed by atoms with E-state index in [1.165, 1.54) is 13.3 Å². The molecule has 0 unspecified atom stereocenters. The number of ether oxygens (including phenoxy) is 1. The molecule has 1 aromatic carbocycles. The summed E-state index contributed by atoms with van der Waals surface area (Å²) >= 11 is 0. The first-order valence-corrected chi connectivity index (χ1v) is 9.37. The highest BCUT2D eigenvalue weighted by atomic mass is 16.5. The van der Waals surface area contributed by atoms with Gasteiger partial charge in [0.25, 0.3) is 0 Å². The number of nitrogens with zero attached hydrogens (tertiary/aromatic N) is 1. The Bertz CT molecular complexity index is 584. The van der Waals surface area contributed by atoms with Gasteiger partial charge in [0.1, 0.15) is 5.75 Å². The van der Waals surface area contributed by atoms with Crippen molar-refractivity contribution in [2.24, 2.45) is 11.8 Å². The standard InChI is InChI=1S/C20H28N2O3/c1-15(23)21-19-13-16(14-25-17-8-4-2-5-9-17)12-18(19)20(24)22-10-6-3-7-11-22/h2,4-5,8-9,16,18-19H,3,6-7,10-14H2,1H3,(H,21,23)/t16-,18-,19-/m1/s1. The van der Waals surface area contributed by atoms with Crippen LogP contribution in [-0.2, 0) is 9.59 Å². The Hall–Kier alpha value is -2.04. The van der Waals surface area contributed by atoms with Crippen LogP contribution < -0.4 is 10.1 Å². The molecular weight excluding hydrogens is 316 g/mol. The molecule has 0 spiro atoms. The zero-order valence-electron chi connectivity index (χ0n) is 14.9. The molecule has 1 aliphatic carbocycles. The molecule has 1 saturated heterocycles. The lowest BCUT2D eigenvalue weighted by Crippen LogP contribution is -2.46. The summed E-state index contributed by atoms with van der Waals surface area (Å²) in [6, 6.07) is 9.67. The maximum absolute atomic E-state index is 12.9. The third kappa shape index (κ3) is 4.74. The molecule has 5 heteroatoms. The van der Waals surface area contributed by atoms with E-state index in [0.717, 1.165) is 44.5 Å². The molecule has 1 saturated carbocycles. The Morgan fingerprint density at radius 3 is 2.52 bits per heavy atom. The average molecular weight is 344 g/mol. The van der Waals surface area contributed by atoms with Gasteiger partial charge in [-0.25, -0.2) is 0 Å². The lowest BCUT2D eigenvalue weighted by molar-refractivity contribution is -0.137. The van der Waals surface area contributed by atoms with Crippen molar-refractivity contribution in [3.8, 4) is 5.75 Å². The number of para-hydroxylation sites is 1. The van der Waals surface area contributed by atoms with Crippen molar-refractivity contribution < 1.29 is 14.3 Å². The van der Waals surface area contributed by atoms with Crippen LogP contribution in [0, 0.1) is 11.8 Å². The van der Waals surface area contributed by atoms with Gasteiger partial charge >= 0.3 is 0 Å². The highest BCUT2D eigenvalue weighted by molar-refractivity contribution is 5.81. The van der Waals surface area contributed by atoms with Crippen LogP contribution in [-0.4, -0.2) is 42.5 Å². The van der Waals surface area contributed by atoms with Crippen molar-refractivity contribution in [1.29, 1.82) is 0 Å². The molecule has 5 nitrogen and oxygen atoms in total. The second-order valence-electron chi connectivity index (χ2n) is 7.26. The molecule has 3 atom stereocenters. The van der Waals surface area contributed by atoms with Crippen LogP contribution in [0.1, 0.15) is 39.0 Å². The van der Waals surface area contributed by atoms with Gasteiger partial charge in [-0.1, -0.05) is 18.2 Å². The first-order chi connectivity index (χ1) is 12.1. The first-order valence-electron chi connectivity index (χ1n) is 9.37. The molecule has 136 valence electrons. The molecule has 2 aliphatic rings. The summed E-state index contributed by atoms with van der Waals surface area (Å²) in [5, 5.41) is 3.00. The van der Waals surface area contributed by atoms with Crippen molar-refractivity contribution in [3.63, 3.8) is 0 Å². The summed E-state index contributed by atoms with van der Waals surface area (Å²) in [5.74, 6) is 1.17. The molecule has 25 heavy (non-hydrogen) atoms. The van der Waals surface area contributed by atoms with E-state index in [1.54, 1.807) is 0 Å². The normalized spacial score (nSPS) is 26.3. The minimum absolute atomic E-state index is 0.0638. The Morgan fingerprint density at radius 2 is 1.84 bits per heavy atom. The summed E-state index contributed by atoms with van der Waals surface area (Å²) in [4.78, 5) is 26.5. The highest BCUT2D eigenvalue weighted by Gasteiger charge is 2.41. The Labute approximate surface area is 149 Å². The third-order valence-electron chi connectivity index (χ3n) is 5.26. The van der Waals surface area contributed by atoms with Crippen molar-refractivity contribution in [2.45, 2.75) is 45.1 Å². The minimum Gasteiger partial charge on any atom is -0.493 e. The second kappa shape index (κ2) is 8.37. The van der Waals surface area contributed by atoms with Crippen LogP contribution in [0.15, 0.2) is 30.3 Å². The lowest BCUT2D eigenvalue weighted by Gasteiger charge is -2.31. The number of amides is 2. The topological polar surface area (TPSA) is 58.6 Å². The van der Waals surface area contributed by atoms with Gasteiger partial charge in [-0.05, 0) is 50.2 Å². The van der Waals surface area contributed by atoms with Crippen molar-refractivity contribution >= 4 is 11.8 Å². The Balaban J connectivity index is 1.61. The van der Waals surface area contributed by atoms with Gasteiger partial charge in [0.2, 0.25) is 11.8 Å². The first kappa shape index (κ1) is 17.8. The fourth-order valence-corrected chi connectivity index (χ4v) is 4.05. The maximum atomic E-state index is 12.9. The number of piperidine rings is 1. The lowest BCUT2D eigenvalue weighted by atomic mass is 9.99. The van der Waals surface area contributed by atoms with Crippen LogP contribution in [0.3, 0.4) is 0 Å². The quantitative estimate of drug-likeness (QED) is 0.893. The van der Waals surface area contributed by atoms with Crippen molar-refractivity contribution in [3.05, 3.63) is 30.3 Å².